The number of benzene rings is 2. The van der Waals surface area contributed by atoms with Crippen LogP contribution in [0.15, 0.2) is 42.5 Å². The number of carbonyl (C=O) groups excluding carboxylic acids is 2. The van der Waals surface area contributed by atoms with Crippen LogP contribution in [-0.4, -0.2) is 39.2 Å². The molecule has 0 aliphatic heterocycles. The van der Waals surface area contributed by atoms with E-state index in [0.717, 1.165) is 6.54 Å². The molecule has 2 aromatic carbocycles. The van der Waals surface area contributed by atoms with Crippen molar-refractivity contribution in [3.63, 3.8) is 0 Å². The average Bonchev–Trinajstić information content (AvgIpc) is 2.67. The van der Waals surface area contributed by atoms with Gasteiger partial charge in [0, 0.05) is 18.7 Å². The van der Waals surface area contributed by atoms with E-state index in [-0.39, 0.29) is 18.0 Å². The molecule has 0 bridgehead atoms. The predicted molar refractivity (Wildman–Crippen MR) is 94.8 cm³/mol. The van der Waals surface area contributed by atoms with E-state index in [2.05, 4.69) is 15.4 Å². The molecule has 2 rings (SSSR count). The van der Waals surface area contributed by atoms with Crippen LogP contribution < -0.4 is 15.4 Å². The Morgan fingerprint density at radius 1 is 1.12 bits per heavy atom. The van der Waals surface area contributed by atoms with E-state index >= 15 is 0 Å². The SMILES string of the molecule is CNCCOc1ccc(C(=O)NCc2ccc(F)c(C(=O)OC)c2)cc1. The maximum Gasteiger partial charge on any atom is 0.340 e. The molecule has 6 nitrogen and oxygen atoms in total. The van der Waals surface area contributed by atoms with Crippen molar-refractivity contribution in [2.24, 2.45) is 0 Å². The first-order valence-corrected chi connectivity index (χ1v) is 8.07. The summed E-state index contributed by atoms with van der Waals surface area (Å²) in [5, 5.41) is 5.70. The maximum absolute atomic E-state index is 13.6. The Morgan fingerprint density at radius 2 is 1.85 bits per heavy atom. The Labute approximate surface area is 151 Å². The van der Waals surface area contributed by atoms with E-state index in [0.29, 0.717) is 23.5 Å². The number of carbonyl (C=O) groups is 2. The molecule has 2 N–H and O–H groups in total. The fourth-order valence-electron chi connectivity index (χ4n) is 2.21. The molecule has 7 heteroatoms. The second-order valence-electron chi connectivity index (χ2n) is 5.46. The van der Waals surface area contributed by atoms with E-state index < -0.39 is 11.8 Å². The van der Waals surface area contributed by atoms with Crippen molar-refractivity contribution in [3.8, 4) is 5.75 Å². The lowest BCUT2D eigenvalue weighted by molar-refractivity contribution is 0.0595. The number of halogens is 1. The van der Waals surface area contributed by atoms with Gasteiger partial charge in [-0.15, -0.1) is 0 Å². The summed E-state index contributed by atoms with van der Waals surface area (Å²) in [5.41, 5.74) is 0.899. The van der Waals surface area contributed by atoms with Gasteiger partial charge in [0.25, 0.3) is 5.91 Å². The minimum absolute atomic E-state index is 0.156. The van der Waals surface area contributed by atoms with Crippen molar-refractivity contribution in [2.75, 3.05) is 27.3 Å². The van der Waals surface area contributed by atoms with E-state index in [1.807, 2.05) is 7.05 Å². The van der Waals surface area contributed by atoms with Gasteiger partial charge >= 0.3 is 5.97 Å². The summed E-state index contributed by atoms with van der Waals surface area (Å²) in [7, 11) is 3.02. The molecule has 0 spiro atoms. The largest absolute Gasteiger partial charge is 0.492 e. The molecule has 2 aromatic rings. The summed E-state index contributed by atoms with van der Waals surface area (Å²) in [6.07, 6.45) is 0. The molecule has 0 unspecified atom stereocenters. The minimum Gasteiger partial charge on any atom is -0.492 e. The van der Waals surface area contributed by atoms with E-state index in [1.54, 1.807) is 24.3 Å². The summed E-state index contributed by atoms with van der Waals surface area (Å²) in [5.74, 6) is -1.03. The molecule has 0 fully saturated rings. The van der Waals surface area contributed by atoms with Gasteiger partial charge in [-0.2, -0.15) is 0 Å². The van der Waals surface area contributed by atoms with Crippen LogP contribution in [-0.2, 0) is 11.3 Å². The summed E-state index contributed by atoms with van der Waals surface area (Å²) >= 11 is 0. The molecule has 26 heavy (non-hydrogen) atoms. The first kappa shape index (κ1) is 19.4. The van der Waals surface area contributed by atoms with Gasteiger partial charge in [-0.05, 0) is 49.0 Å². The highest BCUT2D eigenvalue weighted by atomic mass is 19.1. The highest BCUT2D eigenvalue weighted by Crippen LogP contribution is 2.14. The van der Waals surface area contributed by atoms with E-state index in [1.165, 1.54) is 25.3 Å². The number of ether oxygens (including phenoxy) is 2. The van der Waals surface area contributed by atoms with Crippen molar-refractivity contribution >= 4 is 11.9 Å². The first-order chi connectivity index (χ1) is 12.5. The third kappa shape index (κ3) is 5.29. The number of rotatable bonds is 8. The maximum atomic E-state index is 13.6. The molecular weight excluding hydrogens is 339 g/mol. The molecule has 0 atom stereocenters. The number of hydrogen-bond donors (Lipinski definition) is 2. The number of methoxy groups -OCH3 is 1. The Hall–Kier alpha value is -2.93. The summed E-state index contributed by atoms with van der Waals surface area (Å²) < 4.78 is 23.6. The van der Waals surface area contributed by atoms with Crippen molar-refractivity contribution in [2.45, 2.75) is 6.54 Å². The fourth-order valence-corrected chi connectivity index (χ4v) is 2.21. The zero-order chi connectivity index (χ0) is 18.9. The van der Waals surface area contributed by atoms with Crippen molar-refractivity contribution < 1.29 is 23.5 Å². The topological polar surface area (TPSA) is 76.7 Å². The lowest BCUT2D eigenvalue weighted by Gasteiger charge is -2.09. The fraction of sp³-hybridized carbons (Fsp3) is 0.263. The monoisotopic (exact) mass is 360 g/mol. The lowest BCUT2D eigenvalue weighted by atomic mass is 10.1. The van der Waals surface area contributed by atoms with Crippen LogP contribution in [0.5, 0.6) is 5.75 Å². The zero-order valence-electron chi connectivity index (χ0n) is 14.7. The molecule has 138 valence electrons. The van der Waals surface area contributed by atoms with Crippen LogP contribution in [0, 0.1) is 5.82 Å². The van der Waals surface area contributed by atoms with Crippen LogP contribution in [0.1, 0.15) is 26.3 Å². The quantitative estimate of drug-likeness (QED) is 0.557. The van der Waals surface area contributed by atoms with Gasteiger partial charge in [0.1, 0.15) is 18.2 Å². The number of amides is 1. The van der Waals surface area contributed by atoms with Crippen LogP contribution in [0.3, 0.4) is 0 Å². The zero-order valence-corrected chi connectivity index (χ0v) is 14.7. The highest BCUT2D eigenvalue weighted by molar-refractivity contribution is 5.94. The van der Waals surface area contributed by atoms with Gasteiger partial charge in [0.15, 0.2) is 0 Å². The third-order valence-electron chi connectivity index (χ3n) is 3.63. The third-order valence-corrected chi connectivity index (χ3v) is 3.63. The minimum atomic E-state index is -0.760. The number of hydrogen-bond acceptors (Lipinski definition) is 5. The molecule has 1 amide bonds. The van der Waals surface area contributed by atoms with Crippen LogP contribution in [0.25, 0.3) is 0 Å². The van der Waals surface area contributed by atoms with E-state index in [4.69, 9.17) is 4.74 Å². The number of esters is 1. The molecule has 0 aliphatic carbocycles. The van der Waals surface area contributed by atoms with Gasteiger partial charge in [0.05, 0.1) is 12.7 Å². The summed E-state index contributed by atoms with van der Waals surface area (Å²) in [6.45, 7) is 1.42. The van der Waals surface area contributed by atoms with Crippen LogP contribution in [0.2, 0.25) is 0 Å². The van der Waals surface area contributed by atoms with Crippen molar-refractivity contribution in [1.29, 1.82) is 0 Å². The smallest absolute Gasteiger partial charge is 0.340 e. The molecule has 0 saturated heterocycles. The molecule has 0 aliphatic rings. The standard InChI is InChI=1S/C19H21FN2O4/c1-21-9-10-26-15-6-4-14(5-7-15)18(23)22-12-13-3-8-17(20)16(11-13)19(24)25-2/h3-8,11,21H,9-10,12H2,1-2H3,(H,22,23). The van der Waals surface area contributed by atoms with Gasteiger partial charge in [-0.1, -0.05) is 6.07 Å². The second-order valence-corrected chi connectivity index (χ2v) is 5.46. The summed E-state index contributed by atoms with van der Waals surface area (Å²) in [6, 6.07) is 10.8. The Bertz CT molecular complexity index is 763. The average molecular weight is 360 g/mol. The molecule has 0 radical (unpaired) electrons. The number of nitrogens with one attached hydrogen (secondary N) is 2. The van der Waals surface area contributed by atoms with Gasteiger partial charge in [-0.25, -0.2) is 9.18 Å². The lowest BCUT2D eigenvalue weighted by Crippen LogP contribution is -2.23. The van der Waals surface area contributed by atoms with Crippen LogP contribution >= 0.6 is 0 Å². The van der Waals surface area contributed by atoms with Gasteiger partial charge < -0.3 is 20.1 Å². The molecule has 0 aromatic heterocycles. The normalized spacial score (nSPS) is 10.3. The molecule has 0 saturated carbocycles. The first-order valence-electron chi connectivity index (χ1n) is 8.07. The van der Waals surface area contributed by atoms with Crippen molar-refractivity contribution in [3.05, 3.63) is 65.0 Å². The van der Waals surface area contributed by atoms with Crippen LogP contribution in [0.4, 0.5) is 4.39 Å². The number of likely N-dealkylation sites (N-methyl/N-ethyl adjacent to an activating group) is 1. The molecule has 0 heterocycles. The highest BCUT2D eigenvalue weighted by Gasteiger charge is 2.13. The Kier molecular flexibility index (Phi) is 7.11. The Morgan fingerprint density at radius 3 is 2.50 bits per heavy atom. The van der Waals surface area contributed by atoms with Gasteiger partial charge in [0.2, 0.25) is 0 Å². The Balaban J connectivity index is 1.95. The second kappa shape index (κ2) is 9.53. The summed E-state index contributed by atoms with van der Waals surface area (Å²) in [4.78, 5) is 23.7. The van der Waals surface area contributed by atoms with Crippen molar-refractivity contribution in [1.82, 2.24) is 10.6 Å². The molecular formula is C19H21FN2O4. The van der Waals surface area contributed by atoms with Gasteiger partial charge in [-0.3, -0.25) is 4.79 Å². The van der Waals surface area contributed by atoms with E-state index in [9.17, 15) is 14.0 Å². The predicted octanol–water partition coefficient (Wildman–Crippen LogP) is 2.14.